The van der Waals surface area contributed by atoms with Crippen molar-refractivity contribution >= 4 is 17.2 Å². The fourth-order valence-corrected chi connectivity index (χ4v) is 2.06. The Balaban J connectivity index is 2.44. The van der Waals surface area contributed by atoms with Gasteiger partial charge in [0.05, 0.1) is 17.5 Å². The molecule has 0 saturated heterocycles. The van der Waals surface area contributed by atoms with Crippen LogP contribution in [0, 0.1) is 20.8 Å². The summed E-state index contributed by atoms with van der Waals surface area (Å²) in [5.74, 6) is 1.26. The highest BCUT2D eigenvalue weighted by Gasteiger charge is 2.13. The molecule has 2 aromatic heterocycles. The van der Waals surface area contributed by atoms with Crippen molar-refractivity contribution in [1.82, 2.24) is 9.97 Å². The first kappa shape index (κ1) is 13.4. The number of hydrogen-bond acceptors (Lipinski definition) is 4. The second-order valence-corrected chi connectivity index (χ2v) is 4.76. The van der Waals surface area contributed by atoms with Crippen molar-refractivity contribution < 1.29 is 4.74 Å². The summed E-state index contributed by atoms with van der Waals surface area (Å²) in [6.07, 6.45) is 1.67. The van der Waals surface area contributed by atoms with Crippen LogP contribution in [0.15, 0.2) is 24.4 Å². The summed E-state index contributed by atoms with van der Waals surface area (Å²) >= 11 is 5.06. The quantitative estimate of drug-likeness (QED) is 0.871. The Morgan fingerprint density at radius 3 is 2.53 bits per heavy atom. The maximum Gasteiger partial charge on any atom is 0.145 e. The summed E-state index contributed by atoms with van der Waals surface area (Å²) in [6.45, 7) is 5.68. The van der Waals surface area contributed by atoms with Crippen molar-refractivity contribution in [3.05, 3.63) is 47.0 Å². The standard InChI is InChI=1S/C14H15N3OS/c1-8-4-5-11(7-16-8)18-12-6-9(2)17-10(3)13(12)14(15)19/h4-7H,1-3H3,(H2,15,19). The zero-order valence-corrected chi connectivity index (χ0v) is 11.9. The second-order valence-electron chi connectivity index (χ2n) is 4.32. The molecule has 2 rings (SSSR count). The van der Waals surface area contributed by atoms with Gasteiger partial charge in [-0.1, -0.05) is 12.2 Å². The van der Waals surface area contributed by atoms with Gasteiger partial charge in [0, 0.05) is 17.5 Å². The van der Waals surface area contributed by atoms with Gasteiger partial charge in [0.1, 0.15) is 16.5 Å². The zero-order chi connectivity index (χ0) is 14.0. The first-order valence-electron chi connectivity index (χ1n) is 5.86. The molecule has 0 fully saturated rings. The van der Waals surface area contributed by atoms with E-state index in [9.17, 15) is 0 Å². The molecule has 0 aliphatic carbocycles. The van der Waals surface area contributed by atoms with E-state index >= 15 is 0 Å². The lowest BCUT2D eigenvalue weighted by molar-refractivity contribution is 0.477. The van der Waals surface area contributed by atoms with Gasteiger partial charge < -0.3 is 10.5 Å². The fraction of sp³-hybridized carbons (Fsp3) is 0.214. The number of aryl methyl sites for hydroxylation is 3. The number of thiocarbonyl (C=S) groups is 1. The number of nitrogens with two attached hydrogens (primary N) is 1. The molecule has 0 amide bonds. The van der Waals surface area contributed by atoms with Crippen LogP contribution in [0.2, 0.25) is 0 Å². The molecule has 2 N–H and O–H groups in total. The number of rotatable bonds is 3. The molecule has 0 radical (unpaired) electrons. The van der Waals surface area contributed by atoms with E-state index in [4.69, 9.17) is 22.7 Å². The number of hydrogen-bond donors (Lipinski definition) is 1. The lowest BCUT2D eigenvalue weighted by Gasteiger charge is -2.13. The highest BCUT2D eigenvalue weighted by molar-refractivity contribution is 7.80. The summed E-state index contributed by atoms with van der Waals surface area (Å²) in [5.41, 5.74) is 8.96. The topological polar surface area (TPSA) is 61.0 Å². The molecular formula is C14H15N3OS. The number of pyridine rings is 2. The fourth-order valence-electron chi connectivity index (χ4n) is 1.81. The first-order chi connectivity index (χ1) is 8.97. The van der Waals surface area contributed by atoms with Gasteiger partial charge in [-0.05, 0) is 32.9 Å². The van der Waals surface area contributed by atoms with Crippen LogP contribution in [0.4, 0.5) is 0 Å². The van der Waals surface area contributed by atoms with E-state index in [0.29, 0.717) is 17.1 Å². The molecule has 0 aliphatic rings. The summed E-state index contributed by atoms with van der Waals surface area (Å²) in [6, 6.07) is 5.56. The molecule has 0 spiro atoms. The van der Waals surface area contributed by atoms with Crippen molar-refractivity contribution in [2.24, 2.45) is 5.73 Å². The molecule has 0 saturated carbocycles. The highest BCUT2D eigenvalue weighted by Crippen LogP contribution is 2.27. The van der Waals surface area contributed by atoms with E-state index < -0.39 is 0 Å². The largest absolute Gasteiger partial charge is 0.455 e. The molecule has 0 aromatic carbocycles. The molecular weight excluding hydrogens is 258 g/mol. The van der Waals surface area contributed by atoms with E-state index in [-0.39, 0.29) is 4.99 Å². The Hall–Kier alpha value is -2.01. The predicted octanol–water partition coefficient (Wildman–Crippen LogP) is 2.83. The van der Waals surface area contributed by atoms with Crippen molar-refractivity contribution in [3.8, 4) is 11.5 Å². The van der Waals surface area contributed by atoms with Crippen LogP contribution in [-0.4, -0.2) is 15.0 Å². The van der Waals surface area contributed by atoms with Gasteiger partial charge in [0.25, 0.3) is 0 Å². The minimum Gasteiger partial charge on any atom is -0.455 e. The summed E-state index contributed by atoms with van der Waals surface area (Å²) < 4.78 is 5.82. The monoisotopic (exact) mass is 273 g/mol. The van der Waals surface area contributed by atoms with Crippen molar-refractivity contribution in [3.63, 3.8) is 0 Å². The van der Waals surface area contributed by atoms with Crippen LogP contribution in [0.25, 0.3) is 0 Å². The van der Waals surface area contributed by atoms with Gasteiger partial charge in [-0.25, -0.2) is 0 Å². The number of aromatic nitrogens is 2. The van der Waals surface area contributed by atoms with Gasteiger partial charge in [-0.15, -0.1) is 0 Å². The van der Waals surface area contributed by atoms with Crippen LogP contribution in [0.3, 0.4) is 0 Å². The third-order valence-corrected chi connectivity index (χ3v) is 2.85. The average Bonchev–Trinajstić information content (AvgIpc) is 2.30. The Labute approximate surface area is 117 Å². The minimum atomic E-state index is 0.278. The Morgan fingerprint density at radius 2 is 1.95 bits per heavy atom. The first-order valence-corrected chi connectivity index (χ1v) is 6.27. The van der Waals surface area contributed by atoms with Crippen LogP contribution in [-0.2, 0) is 0 Å². The summed E-state index contributed by atoms with van der Waals surface area (Å²) in [4.78, 5) is 8.82. The Bertz CT molecular complexity index is 623. The van der Waals surface area contributed by atoms with Crippen molar-refractivity contribution in [2.75, 3.05) is 0 Å². The summed E-state index contributed by atoms with van der Waals surface area (Å²) in [7, 11) is 0. The predicted molar refractivity (Wildman–Crippen MR) is 78.6 cm³/mol. The number of ether oxygens (including phenoxy) is 1. The second kappa shape index (κ2) is 5.32. The van der Waals surface area contributed by atoms with Crippen LogP contribution in [0.5, 0.6) is 11.5 Å². The van der Waals surface area contributed by atoms with Gasteiger partial charge in [-0.2, -0.15) is 0 Å². The summed E-state index contributed by atoms with van der Waals surface area (Å²) in [5, 5.41) is 0. The molecule has 5 heteroatoms. The van der Waals surface area contributed by atoms with E-state index in [2.05, 4.69) is 9.97 Å². The molecule has 0 aliphatic heterocycles. The van der Waals surface area contributed by atoms with E-state index in [1.165, 1.54) is 0 Å². The van der Waals surface area contributed by atoms with Crippen molar-refractivity contribution in [2.45, 2.75) is 20.8 Å². The Kier molecular flexibility index (Phi) is 3.76. The van der Waals surface area contributed by atoms with E-state index in [1.54, 1.807) is 6.20 Å². The Morgan fingerprint density at radius 1 is 1.21 bits per heavy atom. The van der Waals surface area contributed by atoms with Crippen LogP contribution < -0.4 is 10.5 Å². The SMILES string of the molecule is Cc1ccc(Oc2cc(C)nc(C)c2C(N)=S)cn1. The maximum absolute atomic E-state index is 5.82. The molecule has 0 bridgehead atoms. The lowest BCUT2D eigenvalue weighted by atomic mass is 10.1. The minimum absolute atomic E-state index is 0.278. The van der Waals surface area contributed by atoms with Crippen LogP contribution in [0.1, 0.15) is 22.6 Å². The van der Waals surface area contributed by atoms with Gasteiger partial charge in [0.15, 0.2) is 0 Å². The normalized spacial score (nSPS) is 10.3. The van der Waals surface area contributed by atoms with Gasteiger partial charge in [0.2, 0.25) is 0 Å². The third kappa shape index (κ3) is 3.06. The van der Waals surface area contributed by atoms with Crippen LogP contribution >= 0.6 is 12.2 Å². The average molecular weight is 273 g/mol. The molecule has 98 valence electrons. The molecule has 0 atom stereocenters. The molecule has 0 unspecified atom stereocenters. The molecule has 2 aromatic rings. The smallest absolute Gasteiger partial charge is 0.145 e. The van der Waals surface area contributed by atoms with Gasteiger partial charge >= 0.3 is 0 Å². The zero-order valence-electron chi connectivity index (χ0n) is 11.1. The lowest BCUT2D eigenvalue weighted by Crippen LogP contribution is -2.14. The molecule has 19 heavy (non-hydrogen) atoms. The molecule has 4 nitrogen and oxygen atoms in total. The van der Waals surface area contributed by atoms with E-state index in [1.807, 2.05) is 39.0 Å². The van der Waals surface area contributed by atoms with Gasteiger partial charge in [-0.3, -0.25) is 9.97 Å². The van der Waals surface area contributed by atoms with E-state index in [0.717, 1.165) is 17.1 Å². The molecule has 2 heterocycles. The number of nitrogens with zero attached hydrogens (tertiary/aromatic N) is 2. The highest BCUT2D eigenvalue weighted by atomic mass is 32.1. The maximum atomic E-state index is 5.82. The van der Waals surface area contributed by atoms with Crippen molar-refractivity contribution in [1.29, 1.82) is 0 Å². The third-order valence-electron chi connectivity index (χ3n) is 2.65.